The molecule has 0 bridgehead atoms. The lowest BCUT2D eigenvalue weighted by Crippen LogP contribution is -2.44. The second kappa shape index (κ2) is 9.64. The number of hydrogen-bond donors (Lipinski definition) is 1. The summed E-state index contributed by atoms with van der Waals surface area (Å²) in [6, 6.07) is 7.14. The average Bonchev–Trinajstić information content (AvgIpc) is 3.21. The third-order valence-corrected chi connectivity index (χ3v) is 6.47. The molecular formula is C23H32N6O2S. The van der Waals surface area contributed by atoms with Gasteiger partial charge in [0.1, 0.15) is 5.82 Å². The summed E-state index contributed by atoms with van der Waals surface area (Å²) in [5.74, 6) is 2.14. The predicted octanol–water partition coefficient (Wildman–Crippen LogP) is 2.94. The first-order valence-corrected chi connectivity index (χ1v) is 11.1. The van der Waals surface area contributed by atoms with Gasteiger partial charge in [-0.1, -0.05) is 0 Å². The average molecular weight is 457 g/mol. The van der Waals surface area contributed by atoms with Gasteiger partial charge in [0.25, 0.3) is 0 Å². The largest absolute Gasteiger partial charge is 0.467 e. The van der Waals surface area contributed by atoms with Crippen LogP contribution in [0.25, 0.3) is 16.7 Å². The van der Waals surface area contributed by atoms with Crippen LogP contribution in [-0.4, -0.2) is 65.7 Å². The maximum Gasteiger partial charge on any atom is 0.320 e. The van der Waals surface area contributed by atoms with Crippen LogP contribution in [0.3, 0.4) is 0 Å². The number of morpholine rings is 1. The van der Waals surface area contributed by atoms with Crippen LogP contribution in [0.5, 0.6) is 6.01 Å². The van der Waals surface area contributed by atoms with Crippen molar-refractivity contribution in [1.82, 2.24) is 25.1 Å². The molecule has 0 saturated carbocycles. The van der Waals surface area contributed by atoms with Gasteiger partial charge in [-0.2, -0.15) is 28.6 Å². The number of hydrogen-bond acceptors (Lipinski definition) is 7. The van der Waals surface area contributed by atoms with Crippen LogP contribution in [-0.2, 0) is 4.74 Å². The smallest absolute Gasteiger partial charge is 0.320 e. The van der Waals surface area contributed by atoms with E-state index in [9.17, 15) is 0 Å². The van der Waals surface area contributed by atoms with Crippen molar-refractivity contribution in [3.63, 3.8) is 0 Å². The van der Waals surface area contributed by atoms with E-state index in [4.69, 9.17) is 9.47 Å². The van der Waals surface area contributed by atoms with Crippen LogP contribution in [0, 0.1) is 6.92 Å². The van der Waals surface area contributed by atoms with Gasteiger partial charge in [0.15, 0.2) is 5.82 Å². The van der Waals surface area contributed by atoms with Crippen LogP contribution in [0.2, 0.25) is 0 Å². The van der Waals surface area contributed by atoms with Crippen LogP contribution in [0.4, 0.5) is 5.82 Å². The number of benzene rings is 1. The fraction of sp³-hybridized carbons (Fsp3) is 0.522. The van der Waals surface area contributed by atoms with Crippen molar-refractivity contribution in [1.29, 1.82) is 0 Å². The van der Waals surface area contributed by atoms with E-state index in [0.29, 0.717) is 25.1 Å². The molecule has 1 aromatic carbocycles. The number of methoxy groups -OCH3 is 1. The van der Waals surface area contributed by atoms with Gasteiger partial charge in [-0.15, -0.1) is 0 Å². The molecule has 1 N–H and O–H groups in total. The molecule has 0 unspecified atom stereocenters. The molecule has 0 amide bonds. The number of aryl methyl sites for hydroxylation is 1. The van der Waals surface area contributed by atoms with E-state index in [1.165, 1.54) is 24.0 Å². The number of ether oxygens (including phenoxy) is 2. The number of fused-ring (bicyclic) bond motifs is 1. The standard InChI is InChI=1S/C23H30N6O2.H2S/c1-15-10-18-13-25-29(20(18)11-19(15)17-4-6-24-7-5-17)22-12-21(26-23(27-22)30-3)28-8-9-31-14-16(28)2;/h10-13,16-17,24H,4-9,14H2,1-3H3;1H2/t16-;/m0./s1. The highest BCUT2D eigenvalue weighted by molar-refractivity contribution is 7.59. The van der Waals surface area contributed by atoms with Crippen molar-refractivity contribution in [3.05, 3.63) is 35.5 Å². The van der Waals surface area contributed by atoms with Crippen LogP contribution in [0.15, 0.2) is 24.4 Å². The summed E-state index contributed by atoms with van der Waals surface area (Å²) in [6.45, 7) is 8.67. The summed E-state index contributed by atoms with van der Waals surface area (Å²) in [7, 11) is 1.60. The molecule has 0 radical (unpaired) electrons. The van der Waals surface area contributed by atoms with Crippen molar-refractivity contribution >= 4 is 30.2 Å². The van der Waals surface area contributed by atoms with Gasteiger partial charge in [0.05, 0.1) is 38.1 Å². The Morgan fingerprint density at radius 3 is 2.66 bits per heavy atom. The van der Waals surface area contributed by atoms with Gasteiger partial charge in [-0.3, -0.25) is 0 Å². The highest BCUT2D eigenvalue weighted by Crippen LogP contribution is 2.32. The van der Waals surface area contributed by atoms with Crippen molar-refractivity contribution < 1.29 is 9.47 Å². The zero-order valence-electron chi connectivity index (χ0n) is 19.0. The molecule has 2 aliphatic rings. The van der Waals surface area contributed by atoms with Gasteiger partial charge in [-0.25, -0.2) is 4.68 Å². The molecule has 0 spiro atoms. The Morgan fingerprint density at radius 1 is 1.12 bits per heavy atom. The Kier molecular flexibility index (Phi) is 6.88. The molecule has 2 fully saturated rings. The molecule has 8 nitrogen and oxygen atoms in total. The highest BCUT2D eigenvalue weighted by Gasteiger charge is 2.23. The number of piperidine rings is 1. The first-order chi connectivity index (χ1) is 15.1. The molecule has 2 aromatic heterocycles. The minimum atomic E-state index is 0. The molecule has 1 atom stereocenters. The van der Waals surface area contributed by atoms with E-state index >= 15 is 0 Å². The Labute approximate surface area is 195 Å². The van der Waals surface area contributed by atoms with Crippen LogP contribution < -0.4 is 15.0 Å². The molecule has 172 valence electrons. The minimum absolute atomic E-state index is 0. The van der Waals surface area contributed by atoms with Crippen molar-refractivity contribution in [3.8, 4) is 11.8 Å². The topological polar surface area (TPSA) is 77.3 Å². The first kappa shape index (κ1) is 22.8. The molecule has 32 heavy (non-hydrogen) atoms. The molecule has 2 saturated heterocycles. The molecule has 2 aliphatic heterocycles. The third kappa shape index (κ3) is 4.29. The lowest BCUT2D eigenvalue weighted by molar-refractivity contribution is 0.0984. The zero-order valence-corrected chi connectivity index (χ0v) is 20.0. The normalized spacial score (nSPS) is 19.7. The summed E-state index contributed by atoms with van der Waals surface area (Å²) >= 11 is 0. The van der Waals surface area contributed by atoms with E-state index < -0.39 is 0 Å². The first-order valence-electron chi connectivity index (χ1n) is 11.1. The van der Waals surface area contributed by atoms with E-state index in [1.54, 1.807) is 7.11 Å². The number of anilines is 1. The molecule has 4 heterocycles. The Bertz CT molecular complexity index is 1080. The predicted molar refractivity (Wildman–Crippen MR) is 131 cm³/mol. The van der Waals surface area contributed by atoms with Crippen LogP contribution >= 0.6 is 13.5 Å². The van der Waals surface area contributed by atoms with Gasteiger partial charge < -0.3 is 19.7 Å². The van der Waals surface area contributed by atoms with Gasteiger partial charge in [0.2, 0.25) is 0 Å². The number of aromatic nitrogens is 4. The van der Waals surface area contributed by atoms with Crippen molar-refractivity contribution in [2.45, 2.75) is 38.6 Å². The van der Waals surface area contributed by atoms with E-state index in [-0.39, 0.29) is 19.5 Å². The summed E-state index contributed by atoms with van der Waals surface area (Å²) < 4.78 is 13.0. The quantitative estimate of drug-likeness (QED) is 0.647. The number of rotatable bonds is 4. The fourth-order valence-corrected chi connectivity index (χ4v) is 4.77. The monoisotopic (exact) mass is 456 g/mol. The third-order valence-electron chi connectivity index (χ3n) is 6.47. The second-order valence-electron chi connectivity index (χ2n) is 8.54. The summed E-state index contributed by atoms with van der Waals surface area (Å²) in [4.78, 5) is 11.5. The summed E-state index contributed by atoms with van der Waals surface area (Å²) in [6.07, 6.45) is 4.25. The summed E-state index contributed by atoms with van der Waals surface area (Å²) in [5, 5.41) is 9.27. The van der Waals surface area contributed by atoms with E-state index in [1.807, 2.05) is 16.9 Å². The van der Waals surface area contributed by atoms with Crippen LogP contribution in [0.1, 0.15) is 36.8 Å². The SMILES string of the molecule is COc1nc(N2CCOC[C@@H]2C)cc(-n2ncc3cc(C)c(C4CCNCC4)cc32)n1.S. The Morgan fingerprint density at radius 2 is 1.91 bits per heavy atom. The Balaban J connectivity index is 0.00000245. The molecule has 5 rings (SSSR count). The van der Waals surface area contributed by atoms with Gasteiger partial charge >= 0.3 is 6.01 Å². The van der Waals surface area contributed by atoms with Gasteiger partial charge in [-0.05, 0) is 69.0 Å². The minimum Gasteiger partial charge on any atom is -0.467 e. The highest BCUT2D eigenvalue weighted by atomic mass is 32.1. The molecule has 3 aromatic rings. The summed E-state index contributed by atoms with van der Waals surface area (Å²) in [5.41, 5.74) is 3.82. The maximum absolute atomic E-state index is 5.59. The molecular weight excluding hydrogens is 424 g/mol. The van der Waals surface area contributed by atoms with E-state index in [0.717, 1.165) is 42.2 Å². The van der Waals surface area contributed by atoms with Crippen molar-refractivity contribution in [2.75, 3.05) is 44.9 Å². The van der Waals surface area contributed by atoms with Crippen molar-refractivity contribution in [2.24, 2.45) is 0 Å². The lowest BCUT2D eigenvalue weighted by atomic mass is 9.87. The number of nitrogens with zero attached hydrogens (tertiary/aromatic N) is 5. The molecule has 0 aliphatic carbocycles. The maximum atomic E-state index is 5.59. The fourth-order valence-electron chi connectivity index (χ4n) is 4.77. The second-order valence-corrected chi connectivity index (χ2v) is 8.54. The number of nitrogens with one attached hydrogen (secondary N) is 1. The van der Waals surface area contributed by atoms with E-state index in [2.05, 4.69) is 51.3 Å². The Hall–Kier alpha value is -2.36. The molecule has 9 heteroatoms. The van der Waals surface area contributed by atoms with Gasteiger partial charge in [0, 0.05) is 18.0 Å². The lowest BCUT2D eigenvalue weighted by Gasteiger charge is -2.34. The zero-order chi connectivity index (χ0) is 21.4.